The zero-order chi connectivity index (χ0) is 27.3. The summed E-state index contributed by atoms with van der Waals surface area (Å²) in [5.74, 6) is -1.30. The second-order valence-electron chi connectivity index (χ2n) is 8.88. The second kappa shape index (κ2) is 11.4. The number of carbonyl (C=O) groups is 1. The minimum absolute atomic E-state index is 0.144. The predicted octanol–water partition coefficient (Wildman–Crippen LogP) is 4.21. The number of anilines is 1. The Bertz CT molecular complexity index is 1540. The molecule has 9 nitrogen and oxygen atoms in total. The fourth-order valence-corrected chi connectivity index (χ4v) is 5.02. The molecule has 0 saturated carbocycles. The normalized spacial score (nSPS) is 12.1. The van der Waals surface area contributed by atoms with E-state index < -0.39 is 16.0 Å². The maximum atomic E-state index is 13.1. The van der Waals surface area contributed by atoms with Gasteiger partial charge in [-0.1, -0.05) is 54.6 Å². The number of hydrogen-bond donors (Lipinski definition) is 3. The minimum atomic E-state index is -4.20. The molecule has 4 rings (SSSR count). The van der Waals surface area contributed by atoms with Crippen molar-refractivity contribution in [3.05, 3.63) is 101 Å². The molecule has 0 aliphatic rings. The Hall–Kier alpha value is -4.28. The van der Waals surface area contributed by atoms with Crippen LogP contribution in [0.3, 0.4) is 0 Å². The van der Waals surface area contributed by atoms with Gasteiger partial charge >= 0.3 is 5.97 Å². The van der Waals surface area contributed by atoms with Crippen LogP contribution >= 0.6 is 0 Å². The van der Waals surface area contributed by atoms with E-state index in [4.69, 9.17) is 10.5 Å². The molecule has 1 unspecified atom stereocenters. The number of rotatable bonds is 10. The summed E-state index contributed by atoms with van der Waals surface area (Å²) in [5.41, 5.74) is 10.4. The number of nitrogens with zero attached hydrogens (tertiary/aromatic N) is 2. The lowest BCUT2D eigenvalue weighted by molar-refractivity contribution is 0.0696. The van der Waals surface area contributed by atoms with Crippen LogP contribution in [-0.4, -0.2) is 42.1 Å². The highest BCUT2D eigenvalue weighted by Gasteiger charge is 2.20. The summed E-state index contributed by atoms with van der Waals surface area (Å²) in [6, 6.07) is 21.9. The van der Waals surface area contributed by atoms with Gasteiger partial charge in [-0.2, -0.15) is 4.98 Å². The molecule has 3 aromatic carbocycles. The third-order valence-corrected chi connectivity index (χ3v) is 7.17. The van der Waals surface area contributed by atoms with Crippen LogP contribution < -0.4 is 15.2 Å². The van der Waals surface area contributed by atoms with Gasteiger partial charge in [-0.25, -0.2) is 22.9 Å². The molecule has 0 fully saturated rings. The van der Waals surface area contributed by atoms with E-state index >= 15 is 0 Å². The number of carboxylic acids is 1. The molecule has 1 aromatic heterocycles. The van der Waals surface area contributed by atoms with Crippen molar-refractivity contribution >= 4 is 21.9 Å². The number of aryl methyl sites for hydroxylation is 2. The first-order valence-corrected chi connectivity index (χ1v) is 13.3. The molecule has 1 atom stereocenters. The van der Waals surface area contributed by atoms with Gasteiger partial charge in [0.05, 0.1) is 16.2 Å². The average molecular weight is 533 g/mol. The molecule has 0 amide bonds. The SMILES string of the molecule is Cc1cccc(C)c1-c1cc(OCC(N)Cc2ccccc2)nc(NS(=O)(=O)c2cccc(C(=O)O)c2)n1. The van der Waals surface area contributed by atoms with Crippen LogP contribution in [0.4, 0.5) is 5.95 Å². The number of benzene rings is 3. The third kappa shape index (κ3) is 6.53. The first-order valence-electron chi connectivity index (χ1n) is 11.9. The highest BCUT2D eigenvalue weighted by molar-refractivity contribution is 7.92. The van der Waals surface area contributed by atoms with Crippen LogP contribution in [-0.2, 0) is 16.4 Å². The lowest BCUT2D eigenvalue weighted by Crippen LogP contribution is -2.30. The minimum Gasteiger partial charge on any atom is -0.478 e. The highest BCUT2D eigenvalue weighted by Crippen LogP contribution is 2.29. The molecule has 1 heterocycles. The van der Waals surface area contributed by atoms with Gasteiger partial charge in [-0.3, -0.25) is 0 Å². The van der Waals surface area contributed by atoms with E-state index in [0.717, 1.165) is 28.3 Å². The quantitative estimate of drug-likeness (QED) is 0.275. The molecular weight excluding hydrogens is 504 g/mol. The van der Waals surface area contributed by atoms with Crippen molar-refractivity contribution in [3.63, 3.8) is 0 Å². The molecule has 4 aromatic rings. The number of aromatic nitrogens is 2. The van der Waals surface area contributed by atoms with Crippen LogP contribution in [0, 0.1) is 13.8 Å². The van der Waals surface area contributed by atoms with Crippen molar-refractivity contribution in [2.24, 2.45) is 5.73 Å². The summed E-state index contributed by atoms with van der Waals surface area (Å²) >= 11 is 0. The molecular formula is C28H28N4O5S. The Morgan fingerprint density at radius 3 is 2.34 bits per heavy atom. The van der Waals surface area contributed by atoms with Gasteiger partial charge in [0.25, 0.3) is 10.0 Å². The molecule has 0 aliphatic carbocycles. The van der Waals surface area contributed by atoms with E-state index in [9.17, 15) is 18.3 Å². The smallest absolute Gasteiger partial charge is 0.335 e. The number of carboxylic acid groups (broad SMARTS) is 1. The van der Waals surface area contributed by atoms with Gasteiger partial charge < -0.3 is 15.6 Å². The highest BCUT2D eigenvalue weighted by atomic mass is 32.2. The number of sulfonamides is 1. The molecule has 4 N–H and O–H groups in total. The van der Waals surface area contributed by atoms with Crippen molar-refractivity contribution in [3.8, 4) is 17.1 Å². The Labute approximate surface area is 221 Å². The van der Waals surface area contributed by atoms with Crippen molar-refractivity contribution in [2.75, 3.05) is 11.3 Å². The van der Waals surface area contributed by atoms with Crippen molar-refractivity contribution in [2.45, 2.75) is 31.2 Å². The van der Waals surface area contributed by atoms with Crippen molar-refractivity contribution in [1.82, 2.24) is 9.97 Å². The summed E-state index contributed by atoms with van der Waals surface area (Å²) in [4.78, 5) is 19.8. The van der Waals surface area contributed by atoms with Gasteiger partial charge in [0.2, 0.25) is 11.8 Å². The molecule has 196 valence electrons. The molecule has 0 saturated heterocycles. The summed E-state index contributed by atoms with van der Waals surface area (Å²) in [6.45, 7) is 4.01. The number of nitrogens with two attached hydrogens (primary N) is 1. The molecule has 0 radical (unpaired) electrons. The Kier molecular flexibility index (Phi) is 8.04. The van der Waals surface area contributed by atoms with E-state index in [-0.39, 0.29) is 34.9 Å². The first kappa shape index (κ1) is 26.8. The zero-order valence-corrected chi connectivity index (χ0v) is 21.8. The van der Waals surface area contributed by atoms with Gasteiger partial charge in [-0.15, -0.1) is 0 Å². The maximum Gasteiger partial charge on any atom is 0.335 e. The Balaban J connectivity index is 1.66. The van der Waals surface area contributed by atoms with Gasteiger partial charge in [-0.05, 0) is 55.2 Å². The number of nitrogens with one attached hydrogen (secondary N) is 1. The Morgan fingerprint density at radius 1 is 0.974 bits per heavy atom. The molecule has 10 heteroatoms. The zero-order valence-electron chi connectivity index (χ0n) is 21.0. The summed E-state index contributed by atoms with van der Waals surface area (Å²) in [7, 11) is -4.20. The second-order valence-corrected chi connectivity index (χ2v) is 10.6. The van der Waals surface area contributed by atoms with Crippen LogP contribution in [0.15, 0.2) is 83.8 Å². The predicted molar refractivity (Wildman–Crippen MR) is 145 cm³/mol. The standard InChI is InChI=1S/C28H28N4O5S/c1-18-8-6-9-19(2)26(18)24-16-25(37-17-22(29)14-20-10-4-3-5-11-20)31-28(30-24)32-38(35,36)23-13-7-12-21(15-23)27(33)34/h3-13,15-16,22H,14,17,29H2,1-2H3,(H,33,34)(H,30,31,32). The lowest BCUT2D eigenvalue weighted by Gasteiger charge is -2.16. The van der Waals surface area contributed by atoms with Crippen molar-refractivity contribution in [1.29, 1.82) is 0 Å². The Morgan fingerprint density at radius 2 is 1.66 bits per heavy atom. The fraction of sp³-hybridized carbons (Fsp3) is 0.179. The first-order chi connectivity index (χ1) is 18.1. The van der Waals surface area contributed by atoms with E-state index in [1.807, 2.05) is 62.4 Å². The molecule has 0 spiro atoms. The molecule has 0 bridgehead atoms. The van der Waals surface area contributed by atoms with E-state index in [0.29, 0.717) is 12.1 Å². The monoisotopic (exact) mass is 532 g/mol. The van der Waals surface area contributed by atoms with E-state index in [1.165, 1.54) is 18.2 Å². The average Bonchev–Trinajstić information content (AvgIpc) is 2.88. The summed E-state index contributed by atoms with van der Waals surface area (Å²) in [6.07, 6.45) is 0.592. The molecule has 38 heavy (non-hydrogen) atoms. The van der Waals surface area contributed by atoms with Gasteiger partial charge in [0.1, 0.15) is 6.61 Å². The third-order valence-electron chi connectivity index (χ3n) is 5.84. The van der Waals surface area contributed by atoms with Crippen LogP contribution in [0.5, 0.6) is 5.88 Å². The van der Waals surface area contributed by atoms with Crippen molar-refractivity contribution < 1.29 is 23.1 Å². The number of hydrogen-bond acceptors (Lipinski definition) is 7. The number of aromatic carboxylic acids is 1. The number of ether oxygens (including phenoxy) is 1. The van der Waals surface area contributed by atoms with E-state index in [1.54, 1.807) is 6.07 Å². The lowest BCUT2D eigenvalue weighted by atomic mass is 10.00. The maximum absolute atomic E-state index is 13.1. The topological polar surface area (TPSA) is 144 Å². The van der Waals surface area contributed by atoms with Crippen LogP contribution in [0.25, 0.3) is 11.3 Å². The fourth-order valence-electron chi connectivity index (χ4n) is 4.03. The van der Waals surface area contributed by atoms with Gasteiger partial charge in [0.15, 0.2) is 0 Å². The summed E-state index contributed by atoms with van der Waals surface area (Å²) < 4.78 is 34.5. The van der Waals surface area contributed by atoms with Crippen LogP contribution in [0.2, 0.25) is 0 Å². The van der Waals surface area contributed by atoms with Gasteiger partial charge in [0, 0.05) is 17.7 Å². The van der Waals surface area contributed by atoms with E-state index in [2.05, 4.69) is 14.7 Å². The summed E-state index contributed by atoms with van der Waals surface area (Å²) in [5, 5.41) is 9.25. The van der Waals surface area contributed by atoms with Crippen LogP contribution in [0.1, 0.15) is 27.0 Å². The largest absolute Gasteiger partial charge is 0.478 e. The molecule has 0 aliphatic heterocycles.